The van der Waals surface area contributed by atoms with Crippen LogP contribution in [0.2, 0.25) is 0 Å². The maximum absolute atomic E-state index is 5.37. The first-order valence-electron chi connectivity index (χ1n) is 7.05. The Morgan fingerprint density at radius 1 is 1.25 bits per heavy atom. The van der Waals surface area contributed by atoms with Crippen molar-refractivity contribution < 1.29 is 4.42 Å². The van der Waals surface area contributed by atoms with Crippen LogP contribution in [-0.2, 0) is 13.1 Å². The summed E-state index contributed by atoms with van der Waals surface area (Å²) in [6.07, 6.45) is 1.70. The summed E-state index contributed by atoms with van der Waals surface area (Å²) in [5.41, 5.74) is 1.06. The Labute approximate surface area is 120 Å². The van der Waals surface area contributed by atoms with Crippen molar-refractivity contribution in [2.45, 2.75) is 26.9 Å². The fraction of sp³-hybridized carbons (Fsp3) is 0.438. The van der Waals surface area contributed by atoms with E-state index in [0.29, 0.717) is 5.92 Å². The van der Waals surface area contributed by atoms with Crippen LogP contribution < -0.4 is 10.2 Å². The van der Waals surface area contributed by atoms with Crippen molar-refractivity contribution in [3.05, 3.63) is 48.0 Å². The lowest BCUT2D eigenvalue weighted by Crippen LogP contribution is -2.21. The van der Waals surface area contributed by atoms with Gasteiger partial charge >= 0.3 is 0 Å². The lowest BCUT2D eigenvalue weighted by atomic mass is 10.2. The van der Waals surface area contributed by atoms with Crippen LogP contribution in [0.5, 0.6) is 0 Å². The van der Waals surface area contributed by atoms with E-state index in [4.69, 9.17) is 4.42 Å². The molecule has 4 heteroatoms. The fourth-order valence-electron chi connectivity index (χ4n) is 1.98. The number of nitrogens with zero attached hydrogens (tertiary/aromatic N) is 2. The molecule has 0 aromatic carbocycles. The molecule has 0 saturated heterocycles. The van der Waals surface area contributed by atoms with E-state index in [1.54, 1.807) is 6.26 Å². The van der Waals surface area contributed by atoms with Crippen LogP contribution in [0.4, 0.5) is 5.82 Å². The summed E-state index contributed by atoms with van der Waals surface area (Å²) in [5.74, 6) is 2.56. The monoisotopic (exact) mass is 273 g/mol. The van der Waals surface area contributed by atoms with Gasteiger partial charge in [-0.2, -0.15) is 0 Å². The number of hydrogen-bond donors (Lipinski definition) is 1. The van der Waals surface area contributed by atoms with Gasteiger partial charge in [0.05, 0.1) is 18.5 Å². The molecule has 0 amide bonds. The molecule has 0 atom stereocenters. The average molecular weight is 273 g/mol. The van der Waals surface area contributed by atoms with Crippen molar-refractivity contribution in [2.75, 3.05) is 18.5 Å². The predicted octanol–water partition coefficient (Wildman–Crippen LogP) is 3.06. The second-order valence-electron chi connectivity index (χ2n) is 5.45. The van der Waals surface area contributed by atoms with Gasteiger partial charge in [-0.15, -0.1) is 0 Å². The summed E-state index contributed by atoms with van der Waals surface area (Å²) < 4.78 is 5.37. The van der Waals surface area contributed by atoms with Gasteiger partial charge in [-0.1, -0.05) is 19.9 Å². The van der Waals surface area contributed by atoms with Crippen molar-refractivity contribution >= 4 is 5.82 Å². The normalized spacial score (nSPS) is 11.0. The summed E-state index contributed by atoms with van der Waals surface area (Å²) in [5, 5.41) is 3.41. The first-order chi connectivity index (χ1) is 9.65. The summed E-state index contributed by atoms with van der Waals surface area (Å²) in [6, 6.07) is 10.0. The van der Waals surface area contributed by atoms with E-state index in [2.05, 4.69) is 35.1 Å². The van der Waals surface area contributed by atoms with E-state index in [0.717, 1.165) is 36.9 Å². The lowest BCUT2D eigenvalue weighted by Gasteiger charge is -2.17. The highest BCUT2D eigenvalue weighted by Gasteiger charge is 2.06. The van der Waals surface area contributed by atoms with Crippen molar-refractivity contribution in [3.63, 3.8) is 0 Å². The minimum absolute atomic E-state index is 0.653. The second kappa shape index (κ2) is 7.10. The minimum Gasteiger partial charge on any atom is -0.467 e. The van der Waals surface area contributed by atoms with E-state index in [1.807, 2.05) is 31.3 Å². The second-order valence-corrected chi connectivity index (χ2v) is 5.45. The van der Waals surface area contributed by atoms with Crippen LogP contribution in [0, 0.1) is 5.92 Å². The lowest BCUT2D eigenvalue weighted by molar-refractivity contribution is 0.506. The average Bonchev–Trinajstić information content (AvgIpc) is 2.91. The van der Waals surface area contributed by atoms with Crippen molar-refractivity contribution in [1.29, 1.82) is 0 Å². The van der Waals surface area contributed by atoms with Crippen molar-refractivity contribution in [1.82, 2.24) is 10.3 Å². The fourth-order valence-corrected chi connectivity index (χ4v) is 1.98. The van der Waals surface area contributed by atoms with E-state index >= 15 is 0 Å². The van der Waals surface area contributed by atoms with Gasteiger partial charge in [-0.3, -0.25) is 0 Å². The zero-order valence-electron chi connectivity index (χ0n) is 12.5. The van der Waals surface area contributed by atoms with Crippen LogP contribution in [-0.4, -0.2) is 18.6 Å². The Bertz CT molecular complexity index is 508. The highest BCUT2D eigenvalue weighted by Crippen LogP contribution is 2.13. The molecule has 4 nitrogen and oxygen atoms in total. The number of pyridine rings is 1. The molecule has 0 spiro atoms. The molecule has 0 radical (unpaired) electrons. The number of aromatic nitrogens is 1. The number of nitrogens with one attached hydrogen (secondary N) is 1. The molecule has 0 aliphatic rings. The summed E-state index contributed by atoms with van der Waals surface area (Å²) in [7, 11) is 2.02. The largest absolute Gasteiger partial charge is 0.467 e. The molecule has 2 aromatic rings. The Hall–Kier alpha value is -1.81. The Morgan fingerprint density at radius 3 is 2.80 bits per heavy atom. The Balaban J connectivity index is 1.94. The molecule has 0 bridgehead atoms. The third-order valence-electron chi connectivity index (χ3n) is 3.01. The van der Waals surface area contributed by atoms with Crippen LogP contribution >= 0.6 is 0 Å². The third kappa shape index (κ3) is 4.38. The van der Waals surface area contributed by atoms with Gasteiger partial charge in [-0.25, -0.2) is 4.98 Å². The quantitative estimate of drug-likeness (QED) is 0.842. The first-order valence-corrected chi connectivity index (χ1v) is 7.05. The third-order valence-corrected chi connectivity index (χ3v) is 3.01. The van der Waals surface area contributed by atoms with Gasteiger partial charge in [0, 0.05) is 13.6 Å². The molecule has 2 heterocycles. The molecule has 2 aromatic heterocycles. The molecule has 20 heavy (non-hydrogen) atoms. The maximum Gasteiger partial charge on any atom is 0.129 e. The van der Waals surface area contributed by atoms with Crippen LogP contribution in [0.15, 0.2) is 41.0 Å². The predicted molar refractivity (Wildman–Crippen MR) is 81.6 cm³/mol. The maximum atomic E-state index is 5.37. The van der Waals surface area contributed by atoms with Crippen LogP contribution in [0.3, 0.4) is 0 Å². The van der Waals surface area contributed by atoms with Crippen molar-refractivity contribution in [2.24, 2.45) is 5.92 Å². The standard InChI is InChI=1S/C16H23N3O/c1-13(2)10-17-11-14-6-4-8-16(18-14)19(3)12-15-7-5-9-20-15/h4-9,13,17H,10-12H2,1-3H3. The zero-order valence-corrected chi connectivity index (χ0v) is 12.5. The molecule has 0 aliphatic heterocycles. The first kappa shape index (κ1) is 14.6. The number of hydrogen-bond acceptors (Lipinski definition) is 4. The zero-order chi connectivity index (χ0) is 14.4. The number of anilines is 1. The van der Waals surface area contributed by atoms with E-state index in [-0.39, 0.29) is 0 Å². The van der Waals surface area contributed by atoms with Gasteiger partial charge in [0.25, 0.3) is 0 Å². The van der Waals surface area contributed by atoms with E-state index < -0.39 is 0 Å². The van der Waals surface area contributed by atoms with Crippen LogP contribution in [0.25, 0.3) is 0 Å². The highest BCUT2D eigenvalue weighted by atomic mass is 16.3. The number of furan rings is 1. The van der Waals surface area contributed by atoms with Gasteiger partial charge in [0.2, 0.25) is 0 Å². The van der Waals surface area contributed by atoms with Crippen molar-refractivity contribution in [3.8, 4) is 0 Å². The minimum atomic E-state index is 0.653. The number of rotatable bonds is 7. The molecule has 1 N–H and O–H groups in total. The Kier molecular flexibility index (Phi) is 5.18. The van der Waals surface area contributed by atoms with Gasteiger partial charge < -0.3 is 14.6 Å². The molecule has 108 valence electrons. The summed E-state index contributed by atoms with van der Waals surface area (Å²) in [4.78, 5) is 6.76. The van der Waals surface area contributed by atoms with Crippen LogP contribution in [0.1, 0.15) is 25.3 Å². The molecular weight excluding hydrogens is 250 g/mol. The summed E-state index contributed by atoms with van der Waals surface area (Å²) >= 11 is 0. The topological polar surface area (TPSA) is 41.3 Å². The molecule has 0 fully saturated rings. The molecule has 0 aliphatic carbocycles. The summed E-state index contributed by atoms with van der Waals surface area (Å²) in [6.45, 7) is 6.94. The molecular formula is C16H23N3O. The SMILES string of the molecule is CC(C)CNCc1cccc(N(C)Cc2ccco2)n1. The Morgan fingerprint density at radius 2 is 2.10 bits per heavy atom. The molecule has 0 unspecified atom stereocenters. The van der Waals surface area contributed by atoms with Gasteiger partial charge in [-0.05, 0) is 36.7 Å². The highest BCUT2D eigenvalue weighted by molar-refractivity contribution is 5.38. The van der Waals surface area contributed by atoms with E-state index in [1.165, 1.54) is 0 Å². The molecule has 0 saturated carbocycles. The van der Waals surface area contributed by atoms with Gasteiger partial charge in [0.15, 0.2) is 0 Å². The smallest absolute Gasteiger partial charge is 0.129 e. The molecule has 2 rings (SSSR count). The van der Waals surface area contributed by atoms with E-state index in [9.17, 15) is 0 Å². The van der Waals surface area contributed by atoms with Gasteiger partial charge in [0.1, 0.15) is 11.6 Å².